The largest absolute Gasteiger partial charge is 0.356 e. The minimum atomic E-state index is 0. The van der Waals surface area contributed by atoms with Crippen LogP contribution in [0.3, 0.4) is 0 Å². The molecule has 1 fully saturated rings. The third kappa shape index (κ3) is 7.19. The van der Waals surface area contributed by atoms with E-state index in [0.29, 0.717) is 19.0 Å². The molecular weight excluding hydrogens is 349 g/mol. The number of hydrogen-bond acceptors (Lipinski definition) is 5. The first-order valence-corrected chi connectivity index (χ1v) is 8.63. The number of nitrogens with zero attached hydrogens (tertiary/aromatic N) is 1. The maximum absolute atomic E-state index is 11.8. The van der Waals surface area contributed by atoms with Crippen LogP contribution in [0, 0.1) is 13.8 Å². The van der Waals surface area contributed by atoms with Crippen LogP contribution in [0.5, 0.6) is 0 Å². The summed E-state index contributed by atoms with van der Waals surface area (Å²) in [5.41, 5.74) is 1.11. The molecule has 4 nitrogen and oxygen atoms in total. The van der Waals surface area contributed by atoms with Crippen molar-refractivity contribution in [1.29, 1.82) is 0 Å². The maximum Gasteiger partial charge on any atom is 0.221 e. The summed E-state index contributed by atoms with van der Waals surface area (Å²) in [5, 5.41) is 7.48. The molecule has 0 aromatic carbocycles. The normalized spacial score (nSPS) is 17.5. The van der Waals surface area contributed by atoms with Gasteiger partial charge in [-0.2, -0.15) is 11.8 Å². The third-order valence-corrected chi connectivity index (χ3v) is 5.43. The van der Waals surface area contributed by atoms with Gasteiger partial charge in [-0.1, -0.05) is 0 Å². The molecule has 122 valence electrons. The summed E-state index contributed by atoms with van der Waals surface area (Å²) < 4.78 is 0. The Bertz CT molecular complexity index is 418. The van der Waals surface area contributed by atoms with Gasteiger partial charge in [0.25, 0.3) is 0 Å². The Morgan fingerprint density at radius 1 is 1.43 bits per heavy atom. The van der Waals surface area contributed by atoms with Crippen LogP contribution >= 0.6 is 47.9 Å². The topological polar surface area (TPSA) is 54.0 Å². The molecule has 1 aliphatic heterocycles. The third-order valence-electron chi connectivity index (χ3n) is 3.16. The van der Waals surface area contributed by atoms with E-state index in [2.05, 4.69) is 22.5 Å². The second-order valence-corrected chi connectivity index (χ2v) is 7.22. The molecule has 1 aromatic rings. The van der Waals surface area contributed by atoms with Crippen molar-refractivity contribution in [2.45, 2.75) is 32.7 Å². The van der Waals surface area contributed by atoms with Crippen molar-refractivity contribution in [2.24, 2.45) is 0 Å². The first-order chi connectivity index (χ1) is 9.15. The zero-order valence-corrected chi connectivity index (χ0v) is 15.6. The molecule has 21 heavy (non-hydrogen) atoms. The fraction of sp³-hybridized carbons (Fsp3) is 0.692. The Morgan fingerprint density at radius 2 is 2.19 bits per heavy atom. The fourth-order valence-electron chi connectivity index (χ4n) is 2.00. The number of carbonyl (C=O) groups excluding carboxylic acids is 1. The minimum Gasteiger partial charge on any atom is -0.356 e. The number of hydrogen-bond donors (Lipinski definition) is 2. The quantitative estimate of drug-likeness (QED) is 0.833. The molecule has 0 bridgehead atoms. The molecule has 2 N–H and O–H groups in total. The molecule has 2 rings (SSSR count). The molecule has 0 saturated carbocycles. The summed E-state index contributed by atoms with van der Waals surface area (Å²) >= 11 is 3.64. The number of thioether (sulfide) groups is 1. The van der Waals surface area contributed by atoms with Crippen LogP contribution in [0.1, 0.15) is 22.0 Å². The van der Waals surface area contributed by atoms with Gasteiger partial charge >= 0.3 is 0 Å². The highest BCUT2D eigenvalue weighted by Gasteiger charge is 2.16. The van der Waals surface area contributed by atoms with Crippen LogP contribution in [0.4, 0.5) is 0 Å². The van der Waals surface area contributed by atoms with E-state index in [4.69, 9.17) is 0 Å². The van der Waals surface area contributed by atoms with Gasteiger partial charge in [-0.25, -0.2) is 4.98 Å². The summed E-state index contributed by atoms with van der Waals surface area (Å²) in [6.45, 7) is 5.81. The van der Waals surface area contributed by atoms with Crippen LogP contribution in [-0.4, -0.2) is 41.5 Å². The van der Waals surface area contributed by atoms with Crippen LogP contribution in [0.25, 0.3) is 0 Å². The van der Waals surface area contributed by atoms with Crippen molar-refractivity contribution in [1.82, 2.24) is 15.6 Å². The van der Waals surface area contributed by atoms with E-state index in [-0.39, 0.29) is 30.7 Å². The monoisotopic (exact) mass is 371 g/mol. The number of halogens is 2. The Balaban J connectivity index is 0.00000200. The van der Waals surface area contributed by atoms with Crippen molar-refractivity contribution in [2.75, 3.05) is 24.6 Å². The fourth-order valence-corrected chi connectivity index (χ4v) is 3.88. The molecule has 0 radical (unpaired) electrons. The summed E-state index contributed by atoms with van der Waals surface area (Å²) in [6.07, 6.45) is 1.42. The summed E-state index contributed by atoms with van der Waals surface area (Å²) in [5.74, 6) is 2.34. The van der Waals surface area contributed by atoms with Crippen molar-refractivity contribution in [3.63, 3.8) is 0 Å². The molecule has 1 unspecified atom stereocenters. The zero-order valence-electron chi connectivity index (χ0n) is 12.3. The van der Waals surface area contributed by atoms with E-state index in [1.54, 1.807) is 11.3 Å². The number of aryl methyl sites for hydroxylation is 2. The second-order valence-electron chi connectivity index (χ2n) is 4.78. The first-order valence-electron chi connectivity index (χ1n) is 6.66. The Morgan fingerprint density at radius 3 is 2.76 bits per heavy atom. The summed E-state index contributed by atoms with van der Waals surface area (Å²) in [6, 6.07) is 0.336. The van der Waals surface area contributed by atoms with Crippen molar-refractivity contribution in [3.05, 3.63) is 15.6 Å². The van der Waals surface area contributed by atoms with E-state index in [1.807, 2.05) is 18.7 Å². The van der Waals surface area contributed by atoms with Gasteiger partial charge < -0.3 is 10.6 Å². The Labute approximate surface area is 147 Å². The van der Waals surface area contributed by atoms with Gasteiger partial charge in [-0.05, 0) is 13.8 Å². The predicted molar refractivity (Wildman–Crippen MR) is 96.5 cm³/mol. The molecule has 8 heteroatoms. The number of amides is 1. The zero-order chi connectivity index (χ0) is 13.7. The van der Waals surface area contributed by atoms with Gasteiger partial charge in [-0.15, -0.1) is 36.2 Å². The van der Waals surface area contributed by atoms with Crippen molar-refractivity contribution >= 4 is 53.8 Å². The smallest absolute Gasteiger partial charge is 0.221 e. The SMILES string of the molecule is Cc1nc(CCNC(=O)CC2CSCCN2)sc1C.Cl.Cl. The van der Waals surface area contributed by atoms with Crippen molar-refractivity contribution < 1.29 is 4.79 Å². The van der Waals surface area contributed by atoms with Crippen LogP contribution in [-0.2, 0) is 11.2 Å². The molecule has 1 atom stereocenters. The van der Waals surface area contributed by atoms with E-state index >= 15 is 0 Å². The van der Waals surface area contributed by atoms with E-state index < -0.39 is 0 Å². The molecule has 2 heterocycles. The van der Waals surface area contributed by atoms with Gasteiger partial charge in [0.05, 0.1) is 10.7 Å². The average Bonchev–Trinajstić information content (AvgIpc) is 2.70. The van der Waals surface area contributed by atoms with Gasteiger partial charge in [0.2, 0.25) is 5.91 Å². The lowest BCUT2D eigenvalue weighted by molar-refractivity contribution is -0.121. The van der Waals surface area contributed by atoms with E-state index in [0.717, 1.165) is 35.2 Å². The molecule has 0 aliphatic carbocycles. The van der Waals surface area contributed by atoms with Gasteiger partial charge in [0, 0.05) is 48.4 Å². The van der Waals surface area contributed by atoms with Crippen LogP contribution in [0.2, 0.25) is 0 Å². The van der Waals surface area contributed by atoms with Gasteiger partial charge in [0.1, 0.15) is 0 Å². The highest BCUT2D eigenvalue weighted by molar-refractivity contribution is 7.99. The van der Waals surface area contributed by atoms with E-state index in [9.17, 15) is 4.79 Å². The molecule has 1 aromatic heterocycles. The van der Waals surface area contributed by atoms with Gasteiger partial charge in [-0.3, -0.25) is 4.79 Å². The molecule has 0 spiro atoms. The van der Waals surface area contributed by atoms with Crippen LogP contribution in [0.15, 0.2) is 0 Å². The predicted octanol–water partition coefficient (Wildman–Crippen LogP) is 2.36. The molecule has 1 aliphatic rings. The van der Waals surface area contributed by atoms with Crippen LogP contribution < -0.4 is 10.6 Å². The lowest BCUT2D eigenvalue weighted by Gasteiger charge is -2.22. The van der Waals surface area contributed by atoms with E-state index in [1.165, 1.54) is 4.88 Å². The number of rotatable bonds is 5. The Hall–Kier alpha value is -0.0100. The Kier molecular flexibility index (Phi) is 10.7. The number of thiazole rings is 1. The van der Waals surface area contributed by atoms with Gasteiger partial charge in [0.15, 0.2) is 0 Å². The second kappa shape index (κ2) is 10.7. The highest BCUT2D eigenvalue weighted by atomic mass is 35.5. The lowest BCUT2D eigenvalue weighted by atomic mass is 10.2. The maximum atomic E-state index is 11.8. The minimum absolute atomic E-state index is 0. The number of aromatic nitrogens is 1. The number of nitrogens with one attached hydrogen (secondary N) is 2. The molecule has 1 amide bonds. The molecule has 1 saturated heterocycles. The lowest BCUT2D eigenvalue weighted by Crippen LogP contribution is -2.41. The number of carbonyl (C=O) groups is 1. The first kappa shape index (κ1) is 21.0. The summed E-state index contributed by atoms with van der Waals surface area (Å²) in [4.78, 5) is 17.5. The molecular formula is C13H23Cl2N3OS2. The summed E-state index contributed by atoms with van der Waals surface area (Å²) in [7, 11) is 0. The standard InChI is InChI=1S/C13H21N3OS2.2ClH/c1-9-10(2)19-13(16-9)3-4-15-12(17)7-11-8-18-6-5-14-11;;/h11,14H,3-8H2,1-2H3,(H,15,17);2*1H. The highest BCUT2D eigenvalue weighted by Crippen LogP contribution is 2.16. The average molecular weight is 372 g/mol. The van der Waals surface area contributed by atoms with Crippen molar-refractivity contribution in [3.8, 4) is 0 Å².